The largest absolute Gasteiger partial charge is 0.377 e. The number of piperidine rings is 1. The van der Waals surface area contributed by atoms with E-state index >= 15 is 0 Å². The van der Waals surface area contributed by atoms with Crippen molar-refractivity contribution in [2.24, 2.45) is 7.05 Å². The molecule has 1 aliphatic rings. The average Bonchev–Trinajstić information content (AvgIpc) is 2.81. The van der Waals surface area contributed by atoms with E-state index in [1.807, 2.05) is 31.9 Å². The SMILES string of the molecule is CCO[C@@H]1CCCN(C(=O)c2cnc3c(c2)c(C)nn3C)C1. The van der Waals surface area contributed by atoms with Crippen molar-refractivity contribution in [3.63, 3.8) is 0 Å². The molecule has 1 saturated heterocycles. The number of ether oxygens (including phenoxy) is 1. The summed E-state index contributed by atoms with van der Waals surface area (Å²) in [5.41, 5.74) is 2.33. The fourth-order valence-corrected chi connectivity index (χ4v) is 3.10. The second-order valence-corrected chi connectivity index (χ2v) is 5.77. The van der Waals surface area contributed by atoms with Gasteiger partial charge in [-0.3, -0.25) is 9.48 Å². The number of fused-ring (bicyclic) bond motifs is 1. The number of hydrogen-bond acceptors (Lipinski definition) is 4. The van der Waals surface area contributed by atoms with Crippen molar-refractivity contribution in [3.05, 3.63) is 23.5 Å². The van der Waals surface area contributed by atoms with Gasteiger partial charge in [0.25, 0.3) is 5.91 Å². The van der Waals surface area contributed by atoms with Crippen LogP contribution in [0.2, 0.25) is 0 Å². The number of carbonyl (C=O) groups is 1. The molecule has 0 unspecified atom stereocenters. The van der Waals surface area contributed by atoms with Crippen molar-refractivity contribution in [2.45, 2.75) is 32.8 Å². The molecule has 0 saturated carbocycles. The van der Waals surface area contributed by atoms with Gasteiger partial charge in [0.2, 0.25) is 0 Å². The topological polar surface area (TPSA) is 60.2 Å². The molecule has 1 fully saturated rings. The predicted octanol–water partition coefficient (Wildman–Crippen LogP) is 1.92. The lowest BCUT2D eigenvalue weighted by atomic mass is 10.1. The van der Waals surface area contributed by atoms with E-state index < -0.39 is 0 Å². The third kappa shape index (κ3) is 2.70. The number of hydrogen-bond donors (Lipinski definition) is 0. The summed E-state index contributed by atoms with van der Waals surface area (Å²) in [6.07, 6.45) is 3.81. The molecule has 0 aliphatic carbocycles. The van der Waals surface area contributed by atoms with Crippen LogP contribution in [0.15, 0.2) is 12.3 Å². The van der Waals surface area contributed by atoms with Gasteiger partial charge in [-0.15, -0.1) is 0 Å². The summed E-state index contributed by atoms with van der Waals surface area (Å²) in [6.45, 7) is 6.06. The summed E-state index contributed by atoms with van der Waals surface area (Å²) in [6, 6.07) is 1.90. The summed E-state index contributed by atoms with van der Waals surface area (Å²) < 4.78 is 7.41. The maximum Gasteiger partial charge on any atom is 0.255 e. The molecule has 0 N–H and O–H groups in total. The van der Waals surface area contributed by atoms with Gasteiger partial charge < -0.3 is 9.64 Å². The lowest BCUT2D eigenvalue weighted by molar-refractivity contribution is 0.00723. The van der Waals surface area contributed by atoms with Gasteiger partial charge in [0.15, 0.2) is 5.65 Å². The van der Waals surface area contributed by atoms with Gasteiger partial charge in [-0.25, -0.2) is 4.98 Å². The molecule has 22 heavy (non-hydrogen) atoms. The van der Waals surface area contributed by atoms with E-state index in [0.29, 0.717) is 18.7 Å². The monoisotopic (exact) mass is 302 g/mol. The Morgan fingerprint density at radius 3 is 3.09 bits per heavy atom. The summed E-state index contributed by atoms with van der Waals surface area (Å²) in [5.74, 6) is 0.0297. The Kier molecular flexibility index (Phi) is 4.11. The highest BCUT2D eigenvalue weighted by atomic mass is 16.5. The molecular formula is C16H22N4O2. The first-order valence-electron chi connectivity index (χ1n) is 7.80. The Morgan fingerprint density at radius 1 is 1.50 bits per heavy atom. The fourth-order valence-electron chi connectivity index (χ4n) is 3.10. The zero-order chi connectivity index (χ0) is 15.7. The van der Waals surface area contributed by atoms with Crippen molar-refractivity contribution >= 4 is 16.9 Å². The number of aryl methyl sites for hydroxylation is 2. The number of aromatic nitrogens is 3. The number of amides is 1. The molecule has 6 heteroatoms. The summed E-state index contributed by atoms with van der Waals surface area (Å²) in [5, 5.41) is 5.29. The predicted molar refractivity (Wildman–Crippen MR) is 83.8 cm³/mol. The highest BCUT2D eigenvalue weighted by Crippen LogP contribution is 2.20. The average molecular weight is 302 g/mol. The second kappa shape index (κ2) is 6.04. The van der Waals surface area contributed by atoms with Gasteiger partial charge in [0.1, 0.15) is 0 Å². The van der Waals surface area contributed by atoms with E-state index in [1.54, 1.807) is 10.9 Å². The summed E-state index contributed by atoms with van der Waals surface area (Å²) >= 11 is 0. The van der Waals surface area contributed by atoms with Gasteiger partial charge in [0.05, 0.1) is 17.4 Å². The molecule has 2 aromatic heterocycles. The Balaban J connectivity index is 1.84. The van der Waals surface area contributed by atoms with Crippen LogP contribution in [0.5, 0.6) is 0 Å². The third-order valence-corrected chi connectivity index (χ3v) is 4.18. The van der Waals surface area contributed by atoms with Gasteiger partial charge in [-0.2, -0.15) is 5.10 Å². The van der Waals surface area contributed by atoms with Crippen molar-refractivity contribution in [2.75, 3.05) is 19.7 Å². The first-order valence-corrected chi connectivity index (χ1v) is 7.80. The number of likely N-dealkylation sites (tertiary alicyclic amines) is 1. The van der Waals surface area contributed by atoms with Gasteiger partial charge in [-0.05, 0) is 32.8 Å². The molecule has 118 valence electrons. The summed E-state index contributed by atoms with van der Waals surface area (Å²) in [7, 11) is 1.86. The van der Waals surface area contributed by atoms with Crippen LogP contribution in [0, 0.1) is 6.92 Å². The maximum atomic E-state index is 12.7. The smallest absolute Gasteiger partial charge is 0.255 e. The van der Waals surface area contributed by atoms with Crippen LogP contribution in [0.1, 0.15) is 35.8 Å². The lowest BCUT2D eigenvalue weighted by Gasteiger charge is -2.32. The van der Waals surface area contributed by atoms with Crippen LogP contribution in [-0.2, 0) is 11.8 Å². The highest BCUT2D eigenvalue weighted by Gasteiger charge is 2.25. The number of nitrogens with zero attached hydrogens (tertiary/aromatic N) is 4. The maximum absolute atomic E-state index is 12.7. The van der Waals surface area contributed by atoms with Crippen molar-refractivity contribution in [1.82, 2.24) is 19.7 Å². The Morgan fingerprint density at radius 2 is 2.32 bits per heavy atom. The minimum Gasteiger partial charge on any atom is -0.377 e. The molecule has 0 radical (unpaired) electrons. The molecular weight excluding hydrogens is 280 g/mol. The zero-order valence-electron chi connectivity index (χ0n) is 13.4. The first-order chi connectivity index (χ1) is 10.6. The van der Waals surface area contributed by atoms with Crippen LogP contribution >= 0.6 is 0 Å². The van der Waals surface area contributed by atoms with Gasteiger partial charge in [0, 0.05) is 38.3 Å². The number of rotatable bonds is 3. The van der Waals surface area contributed by atoms with Gasteiger partial charge >= 0.3 is 0 Å². The standard InChI is InChI=1S/C16H22N4O2/c1-4-22-13-6-5-7-20(10-13)16(21)12-8-14-11(2)18-19(3)15(14)17-9-12/h8-9,13H,4-7,10H2,1-3H3/t13-/m1/s1. The molecule has 3 heterocycles. The Bertz CT molecular complexity index is 693. The zero-order valence-corrected chi connectivity index (χ0v) is 13.4. The van der Waals surface area contributed by atoms with Crippen LogP contribution in [0.3, 0.4) is 0 Å². The van der Waals surface area contributed by atoms with E-state index in [-0.39, 0.29) is 12.0 Å². The third-order valence-electron chi connectivity index (χ3n) is 4.18. The van der Waals surface area contributed by atoms with Crippen LogP contribution in [0.4, 0.5) is 0 Å². The number of carbonyl (C=O) groups excluding carboxylic acids is 1. The van der Waals surface area contributed by atoms with Crippen LogP contribution in [-0.4, -0.2) is 51.4 Å². The quantitative estimate of drug-likeness (QED) is 0.869. The van der Waals surface area contributed by atoms with Crippen LogP contribution in [0.25, 0.3) is 11.0 Å². The molecule has 6 nitrogen and oxygen atoms in total. The molecule has 1 aliphatic heterocycles. The van der Waals surface area contributed by atoms with E-state index in [9.17, 15) is 4.79 Å². The van der Waals surface area contributed by atoms with Gasteiger partial charge in [-0.1, -0.05) is 0 Å². The highest BCUT2D eigenvalue weighted by molar-refractivity contribution is 5.97. The van der Waals surface area contributed by atoms with E-state index in [2.05, 4.69) is 10.1 Å². The van der Waals surface area contributed by atoms with E-state index in [0.717, 1.165) is 36.1 Å². The van der Waals surface area contributed by atoms with Crippen molar-refractivity contribution in [3.8, 4) is 0 Å². The molecule has 2 aromatic rings. The lowest BCUT2D eigenvalue weighted by Crippen LogP contribution is -2.43. The molecule has 1 amide bonds. The van der Waals surface area contributed by atoms with Crippen LogP contribution < -0.4 is 0 Å². The first kappa shape index (κ1) is 15.0. The molecule has 3 rings (SSSR count). The van der Waals surface area contributed by atoms with Crippen molar-refractivity contribution < 1.29 is 9.53 Å². The molecule has 0 spiro atoms. The number of pyridine rings is 1. The Hall–Kier alpha value is -1.95. The van der Waals surface area contributed by atoms with E-state index in [1.165, 1.54) is 0 Å². The minimum atomic E-state index is 0.0297. The molecule has 1 atom stereocenters. The fraction of sp³-hybridized carbons (Fsp3) is 0.562. The second-order valence-electron chi connectivity index (χ2n) is 5.77. The molecule has 0 aromatic carbocycles. The molecule has 0 bridgehead atoms. The van der Waals surface area contributed by atoms with E-state index in [4.69, 9.17) is 4.74 Å². The minimum absolute atomic E-state index is 0.0297. The Labute approximate surface area is 130 Å². The summed E-state index contributed by atoms with van der Waals surface area (Å²) in [4.78, 5) is 19.0. The normalized spacial score (nSPS) is 18.9. The van der Waals surface area contributed by atoms with Crippen molar-refractivity contribution in [1.29, 1.82) is 0 Å².